The van der Waals surface area contributed by atoms with Crippen molar-refractivity contribution in [3.8, 4) is 0 Å². The molecule has 1 heterocycles. The van der Waals surface area contributed by atoms with Crippen molar-refractivity contribution in [2.24, 2.45) is 0 Å². The van der Waals surface area contributed by atoms with Gasteiger partial charge in [0.1, 0.15) is 6.10 Å². The number of allylic oxidation sites excluding steroid dienone is 1. The second kappa shape index (κ2) is 11.8. The number of carboxylic acids is 1. The highest BCUT2D eigenvalue weighted by molar-refractivity contribution is 5.66. The average Bonchev–Trinajstić information content (AvgIpc) is 2.96. The van der Waals surface area contributed by atoms with E-state index in [0.29, 0.717) is 18.6 Å². The van der Waals surface area contributed by atoms with Gasteiger partial charge in [-0.3, -0.25) is 4.79 Å². The summed E-state index contributed by atoms with van der Waals surface area (Å²) in [5, 5.41) is 23.0. The van der Waals surface area contributed by atoms with Crippen molar-refractivity contribution in [1.82, 2.24) is 5.16 Å². The fourth-order valence-corrected chi connectivity index (χ4v) is 2.66. The minimum absolute atomic E-state index is 0.0504. The second-order valence-corrected chi connectivity index (χ2v) is 6.17. The van der Waals surface area contributed by atoms with Crippen LogP contribution < -0.4 is 0 Å². The normalized spacial score (nSPS) is 12.8. The maximum absolute atomic E-state index is 10.6. The lowest BCUT2D eigenvalue weighted by Gasteiger charge is -2.07. The van der Waals surface area contributed by atoms with Crippen LogP contribution in [0.2, 0.25) is 0 Å². The molecule has 1 aromatic rings. The number of carbonyl (C=O) groups is 1. The molecule has 5 heteroatoms. The Balaban J connectivity index is 2.58. The van der Waals surface area contributed by atoms with Gasteiger partial charge in [0, 0.05) is 12.0 Å². The molecule has 0 aliphatic heterocycles. The van der Waals surface area contributed by atoms with Crippen LogP contribution >= 0.6 is 0 Å². The van der Waals surface area contributed by atoms with Gasteiger partial charge in [0.15, 0.2) is 5.76 Å². The Labute approximate surface area is 144 Å². The summed E-state index contributed by atoms with van der Waals surface area (Å²) in [5.74, 6) is -0.392. The number of aryl methyl sites for hydroxylation is 1. The maximum Gasteiger partial charge on any atom is 0.303 e. The molecule has 0 saturated carbocycles. The van der Waals surface area contributed by atoms with E-state index in [2.05, 4.69) is 18.2 Å². The molecule has 1 unspecified atom stereocenters. The molecule has 24 heavy (non-hydrogen) atoms. The van der Waals surface area contributed by atoms with Crippen molar-refractivity contribution in [1.29, 1.82) is 0 Å². The van der Waals surface area contributed by atoms with Crippen LogP contribution in [0, 0.1) is 0 Å². The number of rotatable bonds is 13. The van der Waals surface area contributed by atoms with E-state index in [1.807, 2.05) is 13.0 Å². The smallest absolute Gasteiger partial charge is 0.303 e. The van der Waals surface area contributed by atoms with Gasteiger partial charge >= 0.3 is 5.97 Å². The number of hydrogen-bond acceptors (Lipinski definition) is 4. The molecule has 0 aliphatic rings. The van der Waals surface area contributed by atoms with Crippen molar-refractivity contribution in [2.45, 2.75) is 84.2 Å². The first-order valence-corrected chi connectivity index (χ1v) is 9.14. The summed E-state index contributed by atoms with van der Waals surface area (Å²) in [6, 6.07) is 0. The van der Waals surface area contributed by atoms with Crippen molar-refractivity contribution in [3.63, 3.8) is 0 Å². The second-order valence-electron chi connectivity index (χ2n) is 6.17. The number of aromatic nitrogens is 1. The largest absolute Gasteiger partial charge is 0.481 e. The van der Waals surface area contributed by atoms with Gasteiger partial charge in [-0.15, -0.1) is 0 Å². The van der Waals surface area contributed by atoms with Gasteiger partial charge in [-0.2, -0.15) is 0 Å². The SMILES string of the molecule is CCCCCCC/C=C/c1c(CC)noc1C(O)CCCC(=O)O. The van der Waals surface area contributed by atoms with Gasteiger partial charge in [0.25, 0.3) is 0 Å². The summed E-state index contributed by atoms with van der Waals surface area (Å²) in [6.07, 6.45) is 12.1. The third kappa shape index (κ3) is 7.30. The first-order valence-electron chi connectivity index (χ1n) is 9.14. The van der Waals surface area contributed by atoms with E-state index >= 15 is 0 Å². The number of unbranched alkanes of at least 4 members (excludes halogenated alkanes) is 5. The minimum atomic E-state index is -0.850. The molecule has 0 aliphatic carbocycles. The Bertz CT molecular complexity index is 507. The molecule has 0 amide bonds. The quantitative estimate of drug-likeness (QED) is 0.500. The first-order chi connectivity index (χ1) is 11.6. The van der Waals surface area contributed by atoms with E-state index in [-0.39, 0.29) is 6.42 Å². The predicted molar refractivity (Wildman–Crippen MR) is 94.7 cm³/mol. The number of aliphatic hydroxyl groups excluding tert-OH is 1. The molecular weight excluding hydrogens is 306 g/mol. The van der Waals surface area contributed by atoms with Crippen LogP contribution in [0.5, 0.6) is 0 Å². The Kier molecular flexibility index (Phi) is 10.1. The molecule has 1 aromatic heterocycles. The fraction of sp³-hybridized carbons (Fsp3) is 0.684. The Morgan fingerprint density at radius 2 is 1.96 bits per heavy atom. The Hall–Kier alpha value is -1.62. The van der Waals surface area contributed by atoms with Crippen LogP contribution in [-0.2, 0) is 11.2 Å². The number of hydrogen-bond donors (Lipinski definition) is 2. The molecule has 5 nitrogen and oxygen atoms in total. The summed E-state index contributed by atoms with van der Waals surface area (Å²) in [4.78, 5) is 10.6. The van der Waals surface area contributed by atoms with Crippen molar-refractivity contribution < 1.29 is 19.5 Å². The fourth-order valence-electron chi connectivity index (χ4n) is 2.66. The summed E-state index contributed by atoms with van der Waals surface area (Å²) in [6.45, 7) is 4.21. The maximum atomic E-state index is 10.6. The zero-order valence-corrected chi connectivity index (χ0v) is 15.0. The Morgan fingerprint density at radius 1 is 1.21 bits per heavy atom. The highest BCUT2D eigenvalue weighted by Crippen LogP contribution is 2.27. The van der Waals surface area contributed by atoms with E-state index in [4.69, 9.17) is 9.63 Å². The summed E-state index contributed by atoms with van der Waals surface area (Å²) < 4.78 is 5.32. The van der Waals surface area contributed by atoms with Gasteiger partial charge in [-0.1, -0.05) is 56.8 Å². The van der Waals surface area contributed by atoms with Crippen molar-refractivity contribution in [3.05, 3.63) is 23.1 Å². The van der Waals surface area contributed by atoms with Crippen LogP contribution in [0.1, 0.15) is 94.8 Å². The molecule has 136 valence electrons. The zero-order valence-electron chi connectivity index (χ0n) is 15.0. The highest BCUT2D eigenvalue weighted by Gasteiger charge is 2.20. The number of aliphatic carboxylic acids is 1. The van der Waals surface area contributed by atoms with Crippen molar-refractivity contribution >= 4 is 12.0 Å². The van der Waals surface area contributed by atoms with Crippen LogP contribution in [0.4, 0.5) is 0 Å². The highest BCUT2D eigenvalue weighted by atomic mass is 16.5. The van der Waals surface area contributed by atoms with Crippen molar-refractivity contribution in [2.75, 3.05) is 0 Å². The first kappa shape index (κ1) is 20.4. The molecule has 0 radical (unpaired) electrons. The summed E-state index contributed by atoms with van der Waals surface area (Å²) in [7, 11) is 0. The Morgan fingerprint density at radius 3 is 2.62 bits per heavy atom. The van der Waals surface area contributed by atoms with E-state index < -0.39 is 12.1 Å². The number of aliphatic hydroxyl groups is 1. The summed E-state index contributed by atoms with van der Waals surface area (Å²) >= 11 is 0. The van der Waals surface area contributed by atoms with Gasteiger partial charge < -0.3 is 14.7 Å². The molecule has 0 fully saturated rings. The molecule has 0 aromatic carbocycles. The molecule has 1 rings (SSSR count). The van der Waals surface area contributed by atoms with E-state index in [1.54, 1.807) is 0 Å². The van der Waals surface area contributed by atoms with E-state index in [1.165, 1.54) is 32.1 Å². The summed E-state index contributed by atoms with van der Waals surface area (Å²) in [5.41, 5.74) is 1.69. The number of carboxylic acid groups (broad SMARTS) is 1. The van der Waals surface area contributed by atoms with Gasteiger partial charge in [-0.25, -0.2) is 0 Å². The van der Waals surface area contributed by atoms with Crippen LogP contribution in [0.3, 0.4) is 0 Å². The topological polar surface area (TPSA) is 83.6 Å². The molecular formula is C19H31NO4. The van der Waals surface area contributed by atoms with E-state index in [9.17, 15) is 9.90 Å². The average molecular weight is 337 g/mol. The van der Waals surface area contributed by atoms with Crippen LogP contribution in [0.25, 0.3) is 6.08 Å². The standard InChI is InChI=1S/C19H31NO4/c1-3-5-6-7-8-9-10-12-15-16(4-2)20-24-19(15)17(21)13-11-14-18(22)23/h10,12,17,21H,3-9,11,13-14H2,1-2H3,(H,22,23)/b12-10+. The van der Waals surface area contributed by atoms with Crippen LogP contribution in [0.15, 0.2) is 10.6 Å². The number of nitrogens with zero attached hydrogens (tertiary/aromatic N) is 1. The molecule has 2 N–H and O–H groups in total. The lowest BCUT2D eigenvalue weighted by Crippen LogP contribution is -2.01. The minimum Gasteiger partial charge on any atom is -0.481 e. The lowest BCUT2D eigenvalue weighted by atomic mass is 10.0. The van der Waals surface area contributed by atoms with Crippen LogP contribution in [-0.4, -0.2) is 21.3 Å². The molecule has 0 saturated heterocycles. The van der Waals surface area contributed by atoms with Gasteiger partial charge in [0.2, 0.25) is 0 Å². The third-order valence-corrected chi connectivity index (χ3v) is 4.10. The molecule has 1 atom stereocenters. The molecule has 0 spiro atoms. The van der Waals surface area contributed by atoms with Gasteiger partial charge in [-0.05, 0) is 32.1 Å². The van der Waals surface area contributed by atoms with Gasteiger partial charge in [0.05, 0.1) is 5.69 Å². The monoisotopic (exact) mass is 337 g/mol. The lowest BCUT2D eigenvalue weighted by molar-refractivity contribution is -0.137. The predicted octanol–water partition coefficient (Wildman–Crippen LogP) is 4.90. The van der Waals surface area contributed by atoms with E-state index in [0.717, 1.165) is 24.1 Å². The third-order valence-electron chi connectivity index (χ3n) is 4.10. The molecule has 0 bridgehead atoms. The zero-order chi connectivity index (χ0) is 17.8.